The molecule has 212 valence electrons. The maximum absolute atomic E-state index is 15.9. The highest BCUT2D eigenvalue weighted by atomic mass is 19.1. The molecule has 1 aromatic rings. The Labute approximate surface area is 225 Å². The van der Waals surface area contributed by atoms with Gasteiger partial charge in [-0.2, -0.15) is 0 Å². The summed E-state index contributed by atoms with van der Waals surface area (Å²) in [6, 6.07) is -1.12. The Morgan fingerprint density at radius 2 is 1.79 bits per heavy atom. The first-order valence-corrected chi connectivity index (χ1v) is 12.7. The van der Waals surface area contributed by atoms with Gasteiger partial charge in [0.15, 0.2) is 11.4 Å². The van der Waals surface area contributed by atoms with Gasteiger partial charge in [-0.3, -0.25) is 19.3 Å². The topological polar surface area (TPSA) is 191 Å². The predicted octanol–water partition coefficient (Wildman–Crippen LogP) is 0.930. The van der Waals surface area contributed by atoms with Gasteiger partial charge in [-0.25, -0.2) is 4.39 Å². The summed E-state index contributed by atoms with van der Waals surface area (Å²) in [5, 5.41) is 44.7. The number of carbonyl (C=O) groups excluding carboxylic acids is 3. The minimum Gasteiger partial charge on any atom is -0.510 e. The van der Waals surface area contributed by atoms with E-state index in [4.69, 9.17) is 11.5 Å². The molecule has 4 atom stereocenters. The number of benzene rings is 1. The van der Waals surface area contributed by atoms with Crippen LogP contribution in [0.1, 0.15) is 41.8 Å². The number of aliphatic hydroxyl groups excluding tert-OH is 2. The fourth-order valence-electron chi connectivity index (χ4n) is 6.53. The first-order chi connectivity index (χ1) is 18.0. The molecule has 0 saturated heterocycles. The molecule has 0 fully saturated rings. The Hall–Kier alpha value is -3.48. The lowest BCUT2D eigenvalue weighted by molar-refractivity contribution is -0.148. The molecular weight excluding hydrogens is 511 g/mol. The Morgan fingerprint density at radius 3 is 2.33 bits per heavy atom. The number of hydrogen-bond donors (Lipinski definition) is 6. The number of anilines is 1. The standard InChI is InChI=1S/C27H35FN4O7/c1-10(2)8-32(5)9-13-18(28)12-6-11-7-14-20(31(3)4)23(35)17(26(30)38)25(37)27(14,39)24(36)15(11)21(33)16(12)22(34)19(13)29/h10-11,14,20,34-36,39H,6-9,29H2,1-5H3,(H2,30,38)/t11-,14-,20-,27-/m0/s1. The number of hydrogen-bond acceptors (Lipinski definition) is 10. The highest BCUT2D eigenvalue weighted by Crippen LogP contribution is 2.53. The summed E-state index contributed by atoms with van der Waals surface area (Å²) in [7, 11) is 4.85. The van der Waals surface area contributed by atoms with E-state index in [1.165, 1.54) is 19.0 Å². The number of allylic oxidation sites excluding steroid dienone is 1. The van der Waals surface area contributed by atoms with Crippen LogP contribution in [0.4, 0.5) is 10.1 Å². The lowest BCUT2D eigenvalue weighted by atomic mass is 9.58. The molecule has 0 spiro atoms. The van der Waals surface area contributed by atoms with Crippen molar-refractivity contribution >= 4 is 23.2 Å². The molecule has 0 aliphatic heterocycles. The molecule has 0 aromatic heterocycles. The van der Waals surface area contributed by atoms with Gasteiger partial charge >= 0.3 is 0 Å². The van der Waals surface area contributed by atoms with Crippen molar-refractivity contribution in [2.24, 2.45) is 23.5 Å². The van der Waals surface area contributed by atoms with E-state index in [1.807, 2.05) is 18.7 Å². The molecular formula is C27H35FN4O7. The van der Waals surface area contributed by atoms with E-state index in [1.54, 1.807) is 7.05 Å². The first kappa shape index (κ1) is 28.5. The number of carbonyl (C=O) groups is 3. The number of phenolic OH excluding ortho intramolecular Hbond substituents is 1. The fraction of sp³-hybridized carbons (Fsp3) is 0.519. The predicted molar refractivity (Wildman–Crippen MR) is 139 cm³/mol. The zero-order valence-corrected chi connectivity index (χ0v) is 22.6. The van der Waals surface area contributed by atoms with Gasteiger partial charge in [-0.05, 0) is 45.8 Å². The first-order valence-electron chi connectivity index (χ1n) is 12.7. The molecule has 0 radical (unpaired) electrons. The third-order valence-corrected chi connectivity index (χ3v) is 8.07. The second kappa shape index (κ2) is 9.61. The van der Waals surface area contributed by atoms with Crippen molar-refractivity contribution < 1.29 is 39.2 Å². The monoisotopic (exact) mass is 546 g/mol. The van der Waals surface area contributed by atoms with E-state index in [9.17, 15) is 34.8 Å². The number of fused-ring (bicyclic) bond motifs is 3. The smallest absolute Gasteiger partial charge is 0.255 e. The Balaban J connectivity index is 1.90. The largest absolute Gasteiger partial charge is 0.510 e. The van der Waals surface area contributed by atoms with Gasteiger partial charge < -0.3 is 36.8 Å². The summed E-state index contributed by atoms with van der Waals surface area (Å²) in [6.45, 7) is 4.71. The molecule has 0 unspecified atom stereocenters. The van der Waals surface area contributed by atoms with Crippen molar-refractivity contribution in [1.82, 2.24) is 9.80 Å². The maximum atomic E-state index is 15.9. The second-order valence-corrected chi connectivity index (χ2v) is 11.5. The lowest BCUT2D eigenvalue weighted by Crippen LogP contribution is -2.63. The number of phenols is 1. The van der Waals surface area contributed by atoms with Crippen molar-refractivity contribution in [2.75, 3.05) is 33.4 Å². The van der Waals surface area contributed by atoms with Gasteiger partial charge in [0.2, 0.25) is 5.78 Å². The van der Waals surface area contributed by atoms with E-state index in [0.29, 0.717) is 6.54 Å². The quantitative estimate of drug-likeness (QED) is 0.170. The van der Waals surface area contributed by atoms with Crippen LogP contribution in [0.25, 0.3) is 0 Å². The summed E-state index contributed by atoms with van der Waals surface area (Å²) < 4.78 is 15.9. The SMILES string of the molecule is CC(C)CN(C)Cc1c(N)c(O)c2c(c1F)C[C@H]1C[C@H]3[C@H](N(C)C)C(O)=C(C(N)=O)C(=O)[C@@]3(O)C(O)=C1C2=O. The van der Waals surface area contributed by atoms with Crippen molar-refractivity contribution in [3.05, 3.63) is 45.2 Å². The van der Waals surface area contributed by atoms with Crippen LogP contribution in [0.2, 0.25) is 0 Å². The van der Waals surface area contributed by atoms with Gasteiger partial charge in [-0.15, -0.1) is 0 Å². The minimum absolute atomic E-state index is 0.0388. The van der Waals surface area contributed by atoms with Gasteiger partial charge in [-0.1, -0.05) is 13.8 Å². The van der Waals surface area contributed by atoms with Crippen LogP contribution in [0.15, 0.2) is 22.7 Å². The number of halogens is 1. The average Bonchev–Trinajstić information content (AvgIpc) is 2.81. The molecule has 1 aromatic carbocycles. The highest BCUT2D eigenvalue weighted by Gasteiger charge is 2.63. The third kappa shape index (κ3) is 4.09. The number of aromatic hydroxyl groups is 1. The number of Topliss-reactive ketones (excluding diaryl/α,β-unsaturated/α-hetero) is 2. The number of primary amides is 1. The number of ketones is 2. The van der Waals surface area contributed by atoms with E-state index < -0.39 is 75.2 Å². The van der Waals surface area contributed by atoms with E-state index in [2.05, 4.69) is 0 Å². The van der Waals surface area contributed by atoms with Crippen LogP contribution in [0.5, 0.6) is 5.75 Å². The van der Waals surface area contributed by atoms with Crippen LogP contribution >= 0.6 is 0 Å². The van der Waals surface area contributed by atoms with Gasteiger partial charge in [0, 0.05) is 35.7 Å². The molecule has 8 N–H and O–H groups in total. The molecule has 0 heterocycles. The van der Waals surface area contributed by atoms with Crippen molar-refractivity contribution in [3.8, 4) is 5.75 Å². The highest BCUT2D eigenvalue weighted by molar-refractivity contribution is 6.24. The molecule has 39 heavy (non-hydrogen) atoms. The van der Waals surface area contributed by atoms with E-state index in [0.717, 1.165) is 0 Å². The Bertz CT molecular complexity index is 1350. The molecule has 3 aliphatic rings. The van der Waals surface area contributed by atoms with Crippen LogP contribution in [-0.2, 0) is 22.6 Å². The van der Waals surface area contributed by atoms with Crippen LogP contribution in [0.3, 0.4) is 0 Å². The molecule has 1 amide bonds. The fourth-order valence-corrected chi connectivity index (χ4v) is 6.53. The maximum Gasteiger partial charge on any atom is 0.255 e. The molecule has 11 nitrogen and oxygen atoms in total. The Kier molecular flexibility index (Phi) is 7.03. The number of nitrogens with two attached hydrogens (primary N) is 2. The normalized spacial score (nSPS) is 26.9. The zero-order chi connectivity index (χ0) is 29.3. The van der Waals surface area contributed by atoms with Crippen LogP contribution in [0, 0.1) is 23.6 Å². The van der Waals surface area contributed by atoms with E-state index >= 15 is 4.39 Å². The molecule has 0 bridgehead atoms. The summed E-state index contributed by atoms with van der Waals surface area (Å²) >= 11 is 0. The zero-order valence-electron chi connectivity index (χ0n) is 22.6. The number of likely N-dealkylation sites (N-methyl/N-ethyl adjacent to an activating group) is 1. The van der Waals surface area contributed by atoms with Gasteiger partial charge in [0.25, 0.3) is 5.91 Å². The summed E-state index contributed by atoms with van der Waals surface area (Å²) in [5.74, 6) is -8.47. The molecule has 0 saturated carbocycles. The minimum atomic E-state index is -2.76. The van der Waals surface area contributed by atoms with Crippen molar-refractivity contribution in [2.45, 2.75) is 44.9 Å². The number of nitrogen functional groups attached to an aromatic ring is 1. The lowest BCUT2D eigenvalue weighted by Gasteiger charge is -2.50. The second-order valence-electron chi connectivity index (χ2n) is 11.5. The van der Waals surface area contributed by atoms with Crippen molar-refractivity contribution in [1.29, 1.82) is 0 Å². The number of rotatable bonds is 6. The summed E-state index contributed by atoms with van der Waals surface area (Å²) in [5.41, 5.74) is 6.59. The van der Waals surface area contributed by atoms with Crippen LogP contribution < -0.4 is 11.5 Å². The molecule has 12 heteroatoms. The van der Waals surface area contributed by atoms with Crippen LogP contribution in [-0.4, -0.2) is 87.0 Å². The van der Waals surface area contributed by atoms with Gasteiger partial charge in [0.05, 0.1) is 17.3 Å². The average molecular weight is 547 g/mol. The number of nitrogens with zero attached hydrogens (tertiary/aromatic N) is 2. The molecule has 3 aliphatic carbocycles. The summed E-state index contributed by atoms with van der Waals surface area (Å²) in [6.07, 6.45) is -0.270. The third-order valence-electron chi connectivity index (χ3n) is 8.07. The van der Waals surface area contributed by atoms with E-state index in [-0.39, 0.29) is 47.7 Å². The number of amides is 1. The summed E-state index contributed by atoms with van der Waals surface area (Å²) in [4.78, 5) is 42.4. The number of aliphatic hydroxyl groups is 3. The van der Waals surface area contributed by atoms with Gasteiger partial charge in [0.1, 0.15) is 28.7 Å². The Morgan fingerprint density at radius 1 is 1.18 bits per heavy atom. The van der Waals surface area contributed by atoms with Crippen molar-refractivity contribution in [3.63, 3.8) is 0 Å². The molecule has 4 rings (SSSR count).